The van der Waals surface area contributed by atoms with Crippen LogP contribution in [0.1, 0.15) is 29.3 Å². The standard InChI is InChI=1S/C27H24Cl2N2O3/c28-14-4-16-33-20-10-7-18(8-11-20)26-25-22(23-17-19(29)9-12-24(23)30-25)13-15-31(26)27(32)34-21-5-2-1-3-6-21/h1-3,5-12,17,26,30H,4,13-16H2. The summed E-state index contributed by atoms with van der Waals surface area (Å²) in [5, 5.41) is 1.78. The molecule has 0 saturated carbocycles. The minimum absolute atomic E-state index is 0.331. The lowest BCUT2D eigenvalue weighted by atomic mass is 9.92. The number of amides is 1. The van der Waals surface area contributed by atoms with Crippen molar-refractivity contribution < 1.29 is 14.3 Å². The third-order valence-electron chi connectivity index (χ3n) is 6.01. The second kappa shape index (κ2) is 10.00. The van der Waals surface area contributed by atoms with E-state index in [1.54, 1.807) is 17.0 Å². The third-order valence-corrected chi connectivity index (χ3v) is 6.52. The molecule has 1 aliphatic heterocycles. The van der Waals surface area contributed by atoms with Gasteiger partial charge in [-0.2, -0.15) is 0 Å². The summed E-state index contributed by atoms with van der Waals surface area (Å²) < 4.78 is 11.5. The molecule has 0 saturated heterocycles. The molecule has 1 amide bonds. The number of carbonyl (C=O) groups is 1. The van der Waals surface area contributed by atoms with Gasteiger partial charge in [0.05, 0.1) is 6.61 Å². The molecule has 1 N–H and O–H groups in total. The Hall–Kier alpha value is -3.15. The second-order valence-electron chi connectivity index (χ2n) is 8.19. The predicted molar refractivity (Wildman–Crippen MR) is 135 cm³/mol. The lowest BCUT2D eigenvalue weighted by Gasteiger charge is -2.35. The van der Waals surface area contributed by atoms with Crippen molar-refractivity contribution in [1.29, 1.82) is 0 Å². The Kier molecular flexibility index (Phi) is 6.66. The van der Waals surface area contributed by atoms with Gasteiger partial charge in [0, 0.05) is 34.0 Å². The van der Waals surface area contributed by atoms with Crippen LogP contribution in [0.4, 0.5) is 4.79 Å². The van der Waals surface area contributed by atoms with Gasteiger partial charge in [0.25, 0.3) is 0 Å². The van der Waals surface area contributed by atoms with Gasteiger partial charge in [-0.05, 0) is 66.4 Å². The zero-order valence-electron chi connectivity index (χ0n) is 18.5. The van der Waals surface area contributed by atoms with Crippen LogP contribution in [-0.2, 0) is 6.42 Å². The number of halogens is 2. The van der Waals surface area contributed by atoms with Crippen molar-refractivity contribution in [3.63, 3.8) is 0 Å². The number of fused-ring (bicyclic) bond motifs is 3. The normalized spacial score (nSPS) is 15.2. The van der Waals surface area contributed by atoms with Gasteiger partial charge in [-0.3, -0.25) is 4.90 Å². The number of carbonyl (C=O) groups excluding carboxylic acids is 1. The van der Waals surface area contributed by atoms with Gasteiger partial charge in [0.1, 0.15) is 17.5 Å². The van der Waals surface area contributed by atoms with Crippen LogP contribution in [-0.4, -0.2) is 35.0 Å². The van der Waals surface area contributed by atoms with Crippen LogP contribution in [0.15, 0.2) is 72.8 Å². The lowest BCUT2D eigenvalue weighted by Crippen LogP contribution is -2.42. The van der Waals surface area contributed by atoms with Crippen molar-refractivity contribution in [2.75, 3.05) is 19.0 Å². The van der Waals surface area contributed by atoms with Gasteiger partial charge < -0.3 is 14.5 Å². The van der Waals surface area contributed by atoms with E-state index in [0.717, 1.165) is 34.3 Å². The average molecular weight is 495 g/mol. The van der Waals surface area contributed by atoms with E-state index < -0.39 is 0 Å². The number of nitrogens with zero attached hydrogens (tertiary/aromatic N) is 1. The Morgan fingerprint density at radius 3 is 2.59 bits per heavy atom. The van der Waals surface area contributed by atoms with Crippen LogP contribution < -0.4 is 9.47 Å². The number of rotatable bonds is 6. The van der Waals surface area contributed by atoms with Crippen LogP contribution in [0.5, 0.6) is 11.5 Å². The molecule has 3 aromatic carbocycles. The maximum absolute atomic E-state index is 13.3. The fourth-order valence-electron chi connectivity index (χ4n) is 4.44. The van der Waals surface area contributed by atoms with E-state index in [0.29, 0.717) is 36.2 Å². The van der Waals surface area contributed by atoms with Crippen LogP contribution in [0.3, 0.4) is 0 Å². The number of aromatic amines is 1. The first-order chi connectivity index (χ1) is 16.6. The summed E-state index contributed by atoms with van der Waals surface area (Å²) in [6.07, 6.45) is 1.10. The van der Waals surface area contributed by atoms with E-state index in [9.17, 15) is 4.79 Å². The highest BCUT2D eigenvalue weighted by Crippen LogP contribution is 2.40. The van der Waals surface area contributed by atoms with Gasteiger partial charge >= 0.3 is 6.09 Å². The SMILES string of the molecule is O=C(Oc1ccccc1)N1CCc2c([nH]c3ccc(Cl)cc23)C1c1ccc(OCCCCl)cc1. The number of H-pyrrole nitrogens is 1. The summed E-state index contributed by atoms with van der Waals surface area (Å²) in [7, 11) is 0. The highest BCUT2D eigenvalue weighted by Gasteiger charge is 2.35. The summed E-state index contributed by atoms with van der Waals surface area (Å²) in [4.78, 5) is 18.6. The maximum Gasteiger partial charge on any atom is 0.416 e. The molecule has 0 aliphatic carbocycles. The number of benzene rings is 3. The molecule has 34 heavy (non-hydrogen) atoms. The molecule has 7 heteroatoms. The Balaban J connectivity index is 1.52. The summed E-state index contributed by atoms with van der Waals surface area (Å²) in [5.74, 6) is 1.85. The maximum atomic E-state index is 13.3. The fraction of sp³-hybridized carbons (Fsp3) is 0.222. The van der Waals surface area contributed by atoms with Crippen molar-refractivity contribution in [3.8, 4) is 11.5 Å². The Morgan fingerprint density at radius 2 is 1.82 bits per heavy atom. The van der Waals surface area contributed by atoms with Crippen LogP contribution in [0.25, 0.3) is 10.9 Å². The summed E-state index contributed by atoms with van der Waals surface area (Å²) in [5.41, 5.74) is 4.12. The van der Waals surface area contributed by atoms with Crippen LogP contribution in [0.2, 0.25) is 5.02 Å². The third kappa shape index (κ3) is 4.59. The number of nitrogens with one attached hydrogen (secondary N) is 1. The molecular weight excluding hydrogens is 471 g/mol. The van der Waals surface area contributed by atoms with Gasteiger partial charge in [-0.1, -0.05) is 41.9 Å². The molecule has 0 spiro atoms. The van der Waals surface area contributed by atoms with Crippen molar-refractivity contribution in [1.82, 2.24) is 9.88 Å². The van der Waals surface area contributed by atoms with Gasteiger partial charge in [0.15, 0.2) is 0 Å². The van der Waals surface area contributed by atoms with E-state index >= 15 is 0 Å². The monoisotopic (exact) mass is 494 g/mol. The second-order valence-corrected chi connectivity index (χ2v) is 9.01. The first-order valence-electron chi connectivity index (χ1n) is 11.3. The number of para-hydroxylation sites is 1. The zero-order chi connectivity index (χ0) is 23.5. The molecule has 2 heterocycles. The van der Waals surface area contributed by atoms with E-state index in [2.05, 4.69) is 4.98 Å². The van der Waals surface area contributed by atoms with E-state index in [1.807, 2.05) is 60.7 Å². The summed E-state index contributed by atoms with van der Waals surface area (Å²) >= 11 is 12.0. The average Bonchev–Trinajstić information content (AvgIpc) is 3.22. The van der Waals surface area contributed by atoms with Crippen molar-refractivity contribution in [2.45, 2.75) is 18.9 Å². The predicted octanol–water partition coefficient (Wildman–Crippen LogP) is 6.98. The quantitative estimate of drug-likeness (QED) is 0.232. The molecule has 0 radical (unpaired) electrons. The molecule has 1 unspecified atom stereocenters. The first kappa shape index (κ1) is 22.6. The zero-order valence-corrected chi connectivity index (χ0v) is 20.0. The Bertz CT molecular complexity index is 1290. The van der Waals surface area contributed by atoms with Gasteiger partial charge in [0.2, 0.25) is 0 Å². The molecule has 1 aromatic heterocycles. The number of ether oxygens (including phenoxy) is 2. The fourth-order valence-corrected chi connectivity index (χ4v) is 4.72. The molecule has 4 aromatic rings. The largest absolute Gasteiger partial charge is 0.494 e. The van der Waals surface area contributed by atoms with E-state index in [4.69, 9.17) is 32.7 Å². The molecule has 5 rings (SSSR count). The topological polar surface area (TPSA) is 54.6 Å². The Morgan fingerprint density at radius 1 is 1.03 bits per heavy atom. The van der Waals surface area contributed by atoms with Gasteiger partial charge in [-0.15, -0.1) is 11.6 Å². The minimum atomic E-state index is -0.388. The number of alkyl halides is 1. The molecular formula is C27H24Cl2N2O3. The first-order valence-corrected chi connectivity index (χ1v) is 12.2. The lowest BCUT2D eigenvalue weighted by molar-refractivity contribution is 0.135. The molecule has 0 fully saturated rings. The van der Waals surface area contributed by atoms with E-state index in [-0.39, 0.29) is 12.1 Å². The highest BCUT2D eigenvalue weighted by atomic mass is 35.5. The summed E-state index contributed by atoms with van der Waals surface area (Å²) in [6, 6.07) is 22.5. The van der Waals surface area contributed by atoms with Crippen molar-refractivity contribution >= 4 is 40.2 Å². The number of hydrogen-bond donors (Lipinski definition) is 1. The van der Waals surface area contributed by atoms with Crippen molar-refractivity contribution in [2.24, 2.45) is 0 Å². The van der Waals surface area contributed by atoms with Crippen LogP contribution in [0, 0.1) is 0 Å². The minimum Gasteiger partial charge on any atom is -0.494 e. The highest BCUT2D eigenvalue weighted by molar-refractivity contribution is 6.31. The molecule has 5 nitrogen and oxygen atoms in total. The van der Waals surface area contributed by atoms with E-state index in [1.165, 1.54) is 5.56 Å². The number of aromatic nitrogens is 1. The number of hydrogen-bond acceptors (Lipinski definition) is 3. The summed E-state index contributed by atoms with van der Waals surface area (Å²) in [6.45, 7) is 1.09. The van der Waals surface area contributed by atoms with Crippen LogP contribution >= 0.6 is 23.2 Å². The van der Waals surface area contributed by atoms with Gasteiger partial charge in [-0.25, -0.2) is 4.79 Å². The molecule has 174 valence electrons. The Labute approximate surface area is 208 Å². The molecule has 1 aliphatic rings. The molecule has 0 bridgehead atoms. The van der Waals surface area contributed by atoms with Crippen molar-refractivity contribution in [3.05, 3.63) is 94.6 Å². The smallest absolute Gasteiger partial charge is 0.416 e. The molecule has 1 atom stereocenters.